The molecule has 1 amide bonds. The van der Waals surface area contributed by atoms with E-state index in [1.165, 1.54) is 0 Å². The Kier molecular flexibility index (Phi) is 5.49. The summed E-state index contributed by atoms with van der Waals surface area (Å²) in [4.78, 5) is 22.6. The van der Waals surface area contributed by atoms with Crippen LogP contribution in [0, 0.1) is 0 Å². The number of carbonyl (C=O) groups is 2. The lowest BCUT2D eigenvalue weighted by Crippen LogP contribution is -2.45. The molecule has 0 saturated carbocycles. The van der Waals surface area contributed by atoms with Crippen LogP contribution in [0.5, 0.6) is 0 Å². The van der Waals surface area contributed by atoms with Gasteiger partial charge < -0.3 is 10.4 Å². The maximum atomic E-state index is 11.7. The van der Waals surface area contributed by atoms with Crippen molar-refractivity contribution in [1.29, 1.82) is 0 Å². The number of carboxylic acids is 1. The highest BCUT2D eigenvalue weighted by atomic mass is 32.2. The zero-order valence-electron chi connectivity index (χ0n) is 10.7. The molecule has 7 nitrogen and oxygen atoms in total. The van der Waals surface area contributed by atoms with Crippen LogP contribution in [-0.2, 0) is 19.6 Å². The minimum absolute atomic E-state index is 0.0429. The van der Waals surface area contributed by atoms with E-state index in [2.05, 4.69) is 5.32 Å². The van der Waals surface area contributed by atoms with Crippen LogP contribution in [0.15, 0.2) is 12.2 Å². The summed E-state index contributed by atoms with van der Waals surface area (Å²) in [6.45, 7) is 1.74. The molecule has 0 aliphatic carbocycles. The predicted molar refractivity (Wildman–Crippen MR) is 69.0 cm³/mol. The zero-order chi connectivity index (χ0) is 14.5. The largest absolute Gasteiger partial charge is 0.480 e. The molecule has 0 radical (unpaired) electrons. The Hall–Kier alpha value is -1.41. The Bertz CT molecular complexity index is 471. The predicted octanol–water partition coefficient (Wildman–Crippen LogP) is -0.442. The van der Waals surface area contributed by atoms with Gasteiger partial charge in [-0.15, -0.1) is 0 Å². The number of nitrogens with zero attached hydrogens (tertiary/aromatic N) is 1. The van der Waals surface area contributed by atoms with Crippen LogP contribution in [0.1, 0.15) is 19.8 Å². The van der Waals surface area contributed by atoms with Crippen LogP contribution in [0.25, 0.3) is 0 Å². The monoisotopic (exact) mass is 290 g/mol. The van der Waals surface area contributed by atoms with Gasteiger partial charge in [0.1, 0.15) is 6.04 Å². The number of carbonyl (C=O) groups excluding carboxylic acids is 1. The van der Waals surface area contributed by atoms with Crippen molar-refractivity contribution in [2.75, 3.05) is 18.8 Å². The summed E-state index contributed by atoms with van der Waals surface area (Å²) in [6, 6.07) is -1.03. The van der Waals surface area contributed by atoms with Crippen molar-refractivity contribution in [3.8, 4) is 0 Å². The maximum Gasteiger partial charge on any atom is 0.326 e. The lowest BCUT2D eigenvalue weighted by atomic mass is 10.2. The summed E-state index contributed by atoms with van der Waals surface area (Å²) >= 11 is 0. The number of amides is 1. The molecule has 0 aromatic rings. The second kappa shape index (κ2) is 6.67. The third kappa shape index (κ3) is 4.64. The van der Waals surface area contributed by atoms with Crippen LogP contribution in [-0.4, -0.2) is 54.6 Å². The molecule has 0 bridgehead atoms. The Morgan fingerprint density at radius 3 is 2.63 bits per heavy atom. The molecule has 0 aromatic carbocycles. The Morgan fingerprint density at radius 1 is 1.47 bits per heavy atom. The van der Waals surface area contributed by atoms with Crippen molar-refractivity contribution in [3.63, 3.8) is 0 Å². The first-order valence-electron chi connectivity index (χ1n) is 5.98. The van der Waals surface area contributed by atoms with Gasteiger partial charge in [-0.05, 0) is 19.8 Å². The Morgan fingerprint density at radius 2 is 2.16 bits per heavy atom. The highest BCUT2D eigenvalue weighted by molar-refractivity contribution is 7.89. The van der Waals surface area contributed by atoms with E-state index >= 15 is 0 Å². The number of sulfonamides is 1. The van der Waals surface area contributed by atoms with Crippen LogP contribution in [0.4, 0.5) is 0 Å². The molecule has 1 saturated heterocycles. The van der Waals surface area contributed by atoms with Crippen LogP contribution in [0.2, 0.25) is 0 Å². The quantitative estimate of drug-likeness (QED) is 0.645. The van der Waals surface area contributed by atoms with E-state index in [-0.39, 0.29) is 18.7 Å². The van der Waals surface area contributed by atoms with Crippen molar-refractivity contribution in [1.82, 2.24) is 9.62 Å². The van der Waals surface area contributed by atoms with Gasteiger partial charge in [-0.3, -0.25) is 4.79 Å². The average Bonchev–Trinajstić information content (AvgIpc) is 2.63. The lowest BCUT2D eigenvalue weighted by Gasteiger charge is -2.17. The number of allylic oxidation sites excluding steroid dienone is 1. The van der Waals surface area contributed by atoms with Crippen LogP contribution < -0.4 is 5.32 Å². The minimum Gasteiger partial charge on any atom is -0.480 e. The topological polar surface area (TPSA) is 104 Å². The van der Waals surface area contributed by atoms with E-state index in [9.17, 15) is 18.0 Å². The normalized spacial score (nSPS) is 20.5. The molecule has 0 aromatic heterocycles. The van der Waals surface area contributed by atoms with Gasteiger partial charge in [0.25, 0.3) is 0 Å². The standard InChI is InChI=1S/C11H18N2O5S/c1-2-3-5-9(11(15)16)12-10(14)8-13-6-4-7-19(13,17)18/h2-3,9H,4-8H2,1H3,(H,12,14)(H,15,16)/b3-2+. The molecule has 108 valence electrons. The van der Waals surface area contributed by atoms with Crippen molar-refractivity contribution >= 4 is 21.9 Å². The molecule has 1 aliphatic rings. The minimum atomic E-state index is -3.34. The number of carboxylic acid groups (broad SMARTS) is 1. The number of nitrogens with one attached hydrogen (secondary N) is 1. The molecule has 1 aliphatic heterocycles. The summed E-state index contributed by atoms with van der Waals surface area (Å²) in [5, 5.41) is 11.3. The number of hydrogen-bond donors (Lipinski definition) is 2. The van der Waals surface area contributed by atoms with Gasteiger partial charge in [0.05, 0.1) is 12.3 Å². The van der Waals surface area contributed by atoms with E-state index in [0.29, 0.717) is 13.0 Å². The second-order valence-electron chi connectivity index (χ2n) is 4.27. The summed E-state index contributed by atoms with van der Waals surface area (Å²) in [5.41, 5.74) is 0. The zero-order valence-corrected chi connectivity index (χ0v) is 11.5. The molecule has 1 unspecified atom stereocenters. The molecule has 1 atom stereocenters. The fourth-order valence-electron chi connectivity index (χ4n) is 1.76. The van der Waals surface area contributed by atoms with E-state index in [4.69, 9.17) is 5.11 Å². The van der Waals surface area contributed by atoms with Crippen molar-refractivity contribution < 1.29 is 23.1 Å². The van der Waals surface area contributed by atoms with Gasteiger partial charge in [-0.2, -0.15) is 4.31 Å². The molecule has 8 heteroatoms. The van der Waals surface area contributed by atoms with E-state index in [0.717, 1.165) is 4.31 Å². The first-order valence-corrected chi connectivity index (χ1v) is 7.59. The summed E-state index contributed by atoms with van der Waals surface area (Å²) in [5.74, 6) is -1.69. The molecule has 2 N–H and O–H groups in total. The maximum absolute atomic E-state index is 11.7. The van der Waals surface area contributed by atoms with Crippen molar-refractivity contribution in [2.24, 2.45) is 0 Å². The highest BCUT2D eigenvalue weighted by Gasteiger charge is 2.30. The molecule has 1 rings (SSSR count). The van der Waals surface area contributed by atoms with Gasteiger partial charge in [-0.25, -0.2) is 13.2 Å². The van der Waals surface area contributed by atoms with Crippen molar-refractivity contribution in [2.45, 2.75) is 25.8 Å². The summed E-state index contributed by atoms with van der Waals surface area (Å²) in [6.07, 6.45) is 3.99. The average molecular weight is 290 g/mol. The summed E-state index contributed by atoms with van der Waals surface area (Å²) in [7, 11) is -3.34. The molecule has 19 heavy (non-hydrogen) atoms. The van der Waals surface area contributed by atoms with E-state index < -0.39 is 27.9 Å². The number of rotatable bonds is 6. The molecule has 1 fully saturated rings. The summed E-state index contributed by atoms with van der Waals surface area (Å²) < 4.78 is 24.1. The van der Waals surface area contributed by atoms with E-state index in [1.54, 1.807) is 19.1 Å². The molecular formula is C11H18N2O5S. The van der Waals surface area contributed by atoms with Gasteiger partial charge in [0.2, 0.25) is 15.9 Å². The highest BCUT2D eigenvalue weighted by Crippen LogP contribution is 2.12. The first-order chi connectivity index (χ1) is 8.86. The third-order valence-electron chi connectivity index (χ3n) is 2.76. The van der Waals surface area contributed by atoms with Crippen LogP contribution in [0.3, 0.4) is 0 Å². The number of aliphatic carboxylic acids is 1. The molecule has 0 spiro atoms. The number of hydrogen-bond acceptors (Lipinski definition) is 4. The Balaban J connectivity index is 2.55. The van der Waals surface area contributed by atoms with Crippen molar-refractivity contribution in [3.05, 3.63) is 12.2 Å². The van der Waals surface area contributed by atoms with Gasteiger partial charge in [0, 0.05) is 6.54 Å². The van der Waals surface area contributed by atoms with Gasteiger partial charge in [0.15, 0.2) is 0 Å². The first kappa shape index (κ1) is 15.6. The third-order valence-corrected chi connectivity index (χ3v) is 4.67. The fourth-order valence-corrected chi connectivity index (χ4v) is 3.24. The molecular weight excluding hydrogens is 272 g/mol. The Labute approximate surface area is 112 Å². The second-order valence-corrected chi connectivity index (χ2v) is 6.35. The SMILES string of the molecule is C/C=C/CC(NC(=O)CN1CCCS1(=O)=O)C(=O)O. The smallest absolute Gasteiger partial charge is 0.326 e. The van der Waals surface area contributed by atoms with Gasteiger partial charge in [-0.1, -0.05) is 12.2 Å². The van der Waals surface area contributed by atoms with Crippen LogP contribution >= 0.6 is 0 Å². The van der Waals surface area contributed by atoms with Gasteiger partial charge >= 0.3 is 5.97 Å². The fraction of sp³-hybridized carbons (Fsp3) is 0.636. The lowest BCUT2D eigenvalue weighted by molar-refractivity contribution is -0.141. The molecule has 1 heterocycles. The van der Waals surface area contributed by atoms with E-state index in [1.807, 2.05) is 0 Å².